The number of imidazole rings is 1. The predicted octanol–water partition coefficient (Wildman–Crippen LogP) is 3.88. The summed E-state index contributed by atoms with van der Waals surface area (Å²) in [5.41, 5.74) is 7.96. The molecule has 0 bridgehead atoms. The van der Waals surface area contributed by atoms with Gasteiger partial charge in [0, 0.05) is 11.1 Å². The summed E-state index contributed by atoms with van der Waals surface area (Å²) in [7, 11) is 0. The summed E-state index contributed by atoms with van der Waals surface area (Å²) in [4.78, 5) is 4.38. The number of benzene rings is 1. The normalized spacial score (nSPS) is 13.5. The van der Waals surface area contributed by atoms with Gasteiger partial charge in [-0.2, -0.15) is 0 Å². The minimum absolute atomic E-state index is 0.376. The Bertz CT molecular complexity index is 531. The van der Waals surface area contributed by atoms with E-state index in [4.69, 9.17) is 17.3 Å². The molecule has 4 heteroatoms. The predicted molar refractivity (Wildman–Crippen MR) is 73.3 cm³/mol. The zero-order chi connectivity index (χ0) is 12.6. The number of nitrogens with zero attached hydrogens (tertiary/aromatic N) is 2. The second kappa shape index (κ2) is 4.57. The quantitative estimate of drug-likeness (QED) is 0.900. The molecule has 1 atom stereocenters. The number of nitrogens with two attached hydrogens (primary N) is 1. The molecule has 0 spiro atoms. The van der Waals surface area contributed by atoms with Crippen molar-refractivity contribution in [3.8, 4) is 0 Å². The molecule has 0 aliphatic rings. The second-order valence-corrected chi connectivity index (χ2v) is 5.13. The first-order chi connectivity index (χ1) is 8.04. The molecule has 1 aromatic carbocycles. The van der Waals surface area contributed by atoms with Crippen molar-refractivity contribution < 1.29 is 0 Å². The van der Waals surface area contributed by atoms with Crippen molar-refractivity contribution >= 4 is 28.6 Å². The van der Waals surface area contributed by atoms with Gasteiger partial charge in [0.25, 0.3) is 0 Å². The summed E-state index contributed by atoms with van der Waals surface area (Å²) in [6.07, 6.45) is 1.04. The molecule has 2 rings (SSSR count). The molecule has 1 heterocycles. The third-order valence-corrected chi connectivity index (χ3v) is 3.43. The zero-order valence-electron chi connectivity index (χ0n) is 10.4. The Labute approximate surface area is 107 Å². The van der Waals surface area contributed by atoms with Crippen LogP contribution in [-0.4, -0.2) is 9.55 Å². The SMILES string of the molecule is CCC(C(C)C)n1c(N)nc2cc(Cl)ccc21. The average molecular weight is 252 g/mol. The van der Waals surface area contributed by atoms with Crippen molar-refractivity contribution in [2.45, 2.75) is 33.2 Å². The Hall–Kier alpha value is -1.22. The molecule has 2 N–H and O–H groups in total. The van der Waals surface area contributed by atoms with Gasteiger partial charge in [0.15, 0.2) is 0 Å². The lowest BCUT2D eigenvalue weighted by molar-refractivity contribution is 0.377. The van der Waals surface area contributed by atoms with Crippen molar-refractivity contribution in [3.05, 3.63) is 23.2 Å². The fraction of sp³-hybridized carbons (Fsp3) is 0.462. The minimum Gasteiger partial charge on any atom is -0.369 e. The van der Waals surface area contributed by atoms with Gasteiger partial charge < -0.3 is 10.3 Å². The van der Waals surface area contributed by atoms with E-state index >= 15 is 0 Å². The third-order valence-electron chi connectivity index (χ3n) is 3.20. The molecule has 0 amide bonds. The summed E-state index contributed by atoms with van der Waals surface area (Å²) in [6, 6.07) is 6.11. The van der Waals surface area contributed by atoms with Crippen LogP contribution in [0.5, 0.6) is 0 Å². The fourth-order valence-corrected chi connectivity index (χ4v) is 2.56. The Balaban J connectivity index is 2.63. The van der Waals surface area contributed by atoms with Gasteiger partial charge in [0.05, 0.1) is 11.0 Å². The number of nitrogen functional groups attached to an aromatic ring is 1. The van der Waals surface area contributed by atoms with Crippen LogP contribution in [0.15, 0.2) is 18.2 Å². The molecule has 0 aliphatic heterocycles. The van der Waals surface area contributed by atoms with Crippen molar-refractivity contribution in [1.82, 2.24) is 9.55 Å². The van der Waals surface area contributed by atoms with Crippen LogP contribution >= 0.6 is 11.6 Å². The van der Waals surface area contributed by atoms with Gasteiger partial charge in [-0.3, -0.25) is 0 Å². The highest BCUT2D eigenvalue weighted by molar-refractivity contribution is 6.31. The van der Waals surface area contributed by atoms with Crippen molar-refractivity contribution in [1.29, 1.82) is 0 Å². The minimum atomic E-state index is 0.376. The monoisotopic (exact) mass is 251 g/mol. The lowest BCUT2D eigenvalue weighted by atomic mass is 10.0. The lowest BCUT2D eigenvalue weighted by Crippen LogP contribution is -2.16. The third kappa shape index (κ3) is 2.12. The number of anilines is 1. The number of fused-ring (bicyclic) bond motifs is 1. The average Bonchev–Trinajstić information content (AvgIpc) is 2.55. The van der Waals surface area contributed by atoms with E-state index in [1.54, 1.807) is 0 Å². The highest BCUT2D eigenvalue weighted by atomic mass is 35.5. The summed E-state index contributed by atoms with van der Waals surface area (Å²) in [5, 5.41) is 0.694. The molecule has 1 unspecified atom stereocenters. The number of aromatic nitrogens is 2. The highest BCUT2D eigenvalue weighted by Gasteiger charge is 2.19. The van der Waals surface area contributed by atoms with E-state index in [1.807, 2.05) is 18.2 Å². The molecule has 2 aromatic rings. The molecular weight excluding hydrogens is 234 g/mol. The molecule has 0 fully saturated rings. The van der Waals surface area contributed by atoms with Gasteiger partial charge in [0.1, 0.15) is 0 Å². The number of rotatable bonds is 3. The van der Waals surface area contributed by atoms with Crippen LogP contribution in [0.25, 0.3) is 11.0 Å². The van der Waals surface area contributed by atoms with E-state index in [0.29, 0.717) is 22.9 Å². The molecule has 0 aliphatic carbocycles. The van der Waals surface area contributed by atoms with Gasteiger partial charge in [-0.1, -0.05) is 32.4 Å². The Kier molecular flexibility index (Phi) is 3.29. The largest absolute Gasteiger partial charge is 0.369 e. The highest BCUT2D eigenvalue weighted by Crippen LogP contribution is 2.30. The molecule has 0 saturated heterocycles. The maximum atomic E-state index is 6.03. The standard InChI is InChI=1S/C13H18ClN3/c1-4-11(8(2)3)17-12-6-5-9(14)7-10(12)16-13(17)15/h5-8,11H,4H2,1-3H3,(H2,15,16). The smallest absolute Gasteiger partial charge is 0.201 e. The summed E-state index contributed by atoms with van der Waals surface area (Å²) in [6.45, 7) is 6.58. The van der Waals surface area contributed by atoms with E-state index in [2.05, 4.69) is 30.3 Å². The van der Waals surface area contributed by atoms with Crippen LogP contribution in [0.1, 0.15) is 33.2 Å². The van der Waals surface area contributed by atoms with E-state index in [9.17, 15) is 0 Å². The van der Waals surface area contributed by atoms with Crippen molar-refractivity contribution in [2.24, 2.45) is 5.92 Å². The van der Waals surface area contributed by atoms with Crippen molar-refractivity contribution in [3.63, 3.8) is 0 Å². The number of hydrogen-bond donors (Lipinski definition) is 1. The van der Waals surface area contributed by atoms with Gasteiger partial charge in [-0.25, -0.2) is 4.98 Å². The molecule has 92 valence electrons. The maximum absolute atomic E-state index is 6.03. The van der Waals surface area contributed by atoms with Gasteiger partial charge in [-0.15, -0.1) is 0 Å². The van der Waals surface area contributed by atoms with Gasteiger partial charge in [0.2, 0.25) is 5.95 Å². The van der Waals surface area contributed by atoms with Crippen LogP contribution in [-0.2, 0) is 0 Å². The summed E-state index contributed by atoms with van der Waals surface area (Å²) >= 11 is 5.97. The fourth-order valence-electron chi connectivity index (χ4n) is 2.39. The van der Waals surface area contributed by atoms with Gasteiger partial charge in [-0.05, 0) is 30.5 Å². The molecule has 3 nitrogen and oxygen atoms in total. The Morgan fingerprint density at radius 3 is 2.71 bits per heavy atom. The van der Waals surface area contributed by atoms with Crippen LogP contribution in [0, 0.1) is 5.92 Å². The molecule has 1 aromatic heterocycles. The summed E-state index contributed by atoms with van der Waals surface area (Å²) < 4.78 is 2.12. The molecule has 17 heavy (non-hydrogen) atoms. The van der Waals surface area contributed by atoms with E-state index < -0.39 is 0 Å². The zero-order valence-corrected chi connectivity index (χ0v) is 11.2. The second-order valence-electron chi connectivity index (χ2n) is 4.69. The van der Waals surface area contributed by atoms with Crippen LogP contribution in [0.4, 0.5) is 5.95 Å². The van der Waals surface area contributed by atoms with E-state index in [-0.39, 0.29) is 0 Å². The van der Waals surface area contributed by atoms with E-state index in [1.165, 1.54) is 0 Å². The van der Waals surface area contributed by atoms with Crippen LogP contribution in [0.2, 0.25) is 5.02 Å². The Morgan fingerprint density at radius 2 is 2.12 bits per heavy atom. The number of halogens is 1. The topological polar surface area (TPSA) is 43.8 Å². The maximum Gasteiger partial charge on any atom is 0.201 e. The lowest BCUT2D eigenvalue weighted by Gasteiger charge is -2.22. The van der Waals surface area contributed by atoms with E-state index in [0.717, 1.165) is 17.5 Å². The number of hydrogen-bond acceptors (Lipinski definition) is 2. The van der Waals surface area contributed by atoms with Crippen LogP contribution in [0.3, 0.4) is 0 Å². The first kappa shape index (κ1) is 12.2. The first-order valence-corrected chi connectivity index (χ1v) is 6.35. The molecular formula is C13H18ClN3. The summed E-state index contributed by atoms with van der Waals surface area (Å²) in [5.74, 6) is 1.10. The van der Waals surface area contributed by atoms with Crippen LogP contribution < -0.4 is 5.73 Å². The first-order valence-electron chi connectivity index (χ1n) is 5.97. The molecule has 0 saturated carbocycles. The Morgan fingerprint density at radius 1 is 1.41 bits per heavy atom. The molecule has 0 radical (unpaired) electrons. The van der Waals surface area contributed by atoms with Gasteiger partial charge >= 0.3 is 0 Å². The van der Waals surface area contributed by atoms with Crippen molar-refractivity contribution in [2.75, 3.05) is 5.73 Å².